The maximum atomic E-state index is 12.2. The summed E-state index contributed by atoms with van der Waals surface area (Å²) in [6, 6.07) is 5.88. The molecule has 0 radical (unpaired) electrons. The standard InChI is InChI=1S/C14H18N2O4/c1-20-12-8-3-2-6-10(12)15-14(19)16-9-5-4-7-11(16)13(17)18/h2-3,6,8,11H,4-5,7,9H2,1H3,(H,15,19)(H,17,18)/t11-/m1/s1. The van der Waals surface area contributed by atoms with Gasteiger partial charge in [-0.25, -0.2) is 9.59 Å². The summed E-state index contributed by atoms with van der Waals surface area (Å²) >= 11 is 0. The van der Waals surface area contributed by atoms with Crippen molar-refractivity contribution in [3.8, 4) is 5.75 Å². The number of carbonyl (C=O) groups is 2. The van der Waals surface area contributed by atoms with Gasteiger partial charge >= 0.3 is 12.0 Å². The summed E-state index contributed by atoms with van der Waals surface area (Å²) in [5.41, 5.74) is 0.537. The van der Waals surface area contributed by atoms with Crippen molar-refractivity contribution in [3.63, 3.8) is 0 Å². The summed E-state index contributed by atoms with van der Waals surface area (Å²) in [6.07, 6.45) is 2.15. The Morgan fingerprint density at radius 2 is 2.10 bits per heavy atom. The molecule has 2 amide bonds. The molecule has 20 heavy (non-hydrogen) atoms. The second kappa shape index (κ2) is 6.27. The summed E-state index contributed by atoms with van der Waals surface area (Å²) in [5.74, 6) is -0.412. The lowest BCUT2D eigenvalue weighted by molar-refractivity contribution is -0.143. The van der Waals surface area contributed by atoms with Gasteiger partial charge in [0.15, 0.2) is 0 Å². The molecule has 6 nitrogen and oxygen atoms in total. The Labute approximate surface area is 117 Å². The molecule has 108 valence electrons. The number of rotatable bonds is 3. The summed E-state index contributed by atoms with van der Waals surface area (Å²) in [6.45, 7) is 0.456. The summed E-state index contributed by atoms with van der Waals surface area (Å²) < 4.78 is 5.16. The molecule has 1 aliphatic heterocycles. The van der Waals surface area contributed by atoms with Gasteiger partial charge in [-0.2, -0.15) is 0 Å². The number of anilines is 1. The second-order valence-electron chi connectivity index (χ2n) is 4.67. The minimum atomic E-state index is -0.958. The van der Waals surface area contributed by atoms with Crippen LogP contribution in [0.15, 0.2) is 24.3 Å². The van der Waals surface area contributed by atoms with Gasteiger partial charge in [-0.1, -0.05) is 12.1 Å². The Balaban J connectivity index is 2.12. The lowest BCUT2D eigenvalue weighted by atomic mass is 10.0. The van der Waals surface area contributed by atoms with Gasteiger partial charge in [0.25, 0.3) is 0 Å². The minimum absolute atomic E-state index is 0.401. The van der Waals surface area contributed by atoms with Crippen LogP contribution in [-0.4, -0.2) is 41.7 Å². The molecular formula is C14H18N2O4. The topological polar surface area (TPSA) is 78.9 Å². The Morgan fingerprint density at radius 3 is 2.80 bits per heavy atom. The van der Waals surface area contributed by atoms with E-state index in [1.807, 2.05) is 0 Å². The van der Waals surface area contributed by atoms with Gasteiger partial charge in [-0.05, 0) is 31.4 Å². The van der Waals surface area contributed by atoms with Crippen LogP contribution in [0.3, 0.4) is 0 Å². The average molecular weight is 278 g/mol. The number of urea groups is 1. The molecule has 1 saturated heterocycles. The van der Waals surface area contributed by atoms with Gasteiger partial charge in [0.2, 0.25) is 0 Å². The predicted octanol–water partition coefficient (Wildman–Crippen LogP) is 2.17. The monoisotopic (exact) mass is 278 g/mol. The van der Waals surface area contributed by atoms with E-state index in [4.69, 9.17) is 4.74 Å². The summed E-state index contributed by atoms with van der Waals surface area (Å²) in [4.78, 5) is 24.8. The maximum Gasteiger partial charge on any atom is 0.326 e. The van der Waals surface area contributed by atoms with E-state index in [-0.39, 0.29) is 0 Å². The highest BCUT2D eigenvalue weighted by atomic mass is 16.5. The van der Waals surface area contributed by atoms with Crippen LogP contribution >= 0.6 is 0 Å². The van der Waals surface area contributed by atoms with Gasteiger partial charge < -0.3 is 20.1 Å². The number of para-hydroxylation sites is 2. The van der Waals surface area contributed by atoms with Crippen LogP contribution in [-0.2, 0) is 4.79 Å². The number of carboxylic acids is 1. The van der Waals surface area contributed by atoms with Gasteiger partial charge in [-0.15, -0.1) is 0 Å². The third-order valence-corrected chi connectivity index (χ3v) is 3.40. The average Bonchev–Trinajstić information content (AvgIpc) is 2.47. The number of piperidine rings is 1. The molecule has 0 aromatic heterocycles. The van der Waals surface area contributed by atoms with Crippen molar-refractivity contribution in [1.82, 2.24) is 4.90 Å². The number of methoxy groups -OCH3 is 1. The Bertz CT molecular complexity index is 504. The van der Waals surface area contributed by atoms with Crippen molar-refractivity contribution in [2.75, 3.05) is 19.0 Å². The van der Waals surface area contributed by atoms with Crippen LogP contribution in [0.2, 0.25) is 0 Å². The number of amides is 2. The smallest absolute Gasteiger partial charge is 0.326 e. The largest absolute Gasteiger partial charge is 0.495 e. The lowest BCUT2D eigenvalue weighted by Gasteiger charge is -2.33. The summed E-state index contributed by atoms with van der Waals surface area (Å²) in [5, 5.41) is 11.9. The third-order valence-electron chi connectivity index (χ3n) is 3.40. The molecule has 0 bridgehead atoms. The number of aliphatic carboxylic acids is 1. The van der Waals surface area contributed by atoms with Crippen LogP contribution in [0, 0.1) is 0 Å². The van der Waals surface area contributed by atoms with Crippen LogP contribution in [0.25, 0.3) is 0 Å². The first-order valence-electron chi connectivity index (χ1n) is 6.57. The molecule has 0 aliphatic carbocycles. The number of hydrogen-bond donors (Lipinski definition) is 2. The molecule has 1 aromatic rings. The number of carboxylic acid groups (broad SMARTS) is 1. The highest BCUT2D eigenvalue weighted by molar-refractivity contribution is 5.93. The number of nitrogens with one attached hydrogen (secondary N) is 1. The van der Waals surface area contributed by atoms with Crippen molar-refractivity contribution in [2.24, 2.45) is 0 Å². The molecule has 1 aliphatic rings. The van der Waals surface area contributed by atoms with Gasteiger partial charge in [-0.3, -0.25) is 0 Å². The van der Waals surface area contributed by atoms with Crippen molar-refractivity contribution in [2.45, 2.75) is 25.3 Å². The molecule has 1 heterocycles. The highest BCUT2D eigenvalue weighted by Gasteiger charge is 2.32. The zero-order chi connectivity index (χ0) is 14.5. The van der Waals surface area contributed by atoms with Crippen LogP contribution in [0.5, 0.6) is 5.75 Å². The first-order chi connectivity index (χ1) is 9.63. The summed E-state index contributed by atoms with van der Waals surface area (Å²) in [7, 11) is 1.52. The third kappa shape index (κ3) is 3.01. The van der Waals surface area contributed by atoms with E-state index in [9.17, 15) is 14.7 Å². The minimum Gasteiger partial charge on any atom is -0.495 e. The number of carbonyl (C=O) groups excluding carboxylic acids is 1. The quantitative estimate of drug-likeness (QED) is 0.888. The molecule has 1 fully saturated rings. The molecule has 1 aromatic carbocycles. The number of benzene rings is 1. The SMILES string of the molecule is COc1ccccc1NC(=O)N1CCCC[C@@H]1C(=O)O. The second-order valence-corrected chi connectivity index (χ2v) is 4.67. The zero-order valence-corrected chi connectivity index (χ0v) is 11.3. The molecule has 0 spiro atoms. The van der Waals surface area contributed by atoms with E-state index >= 15 is 0 Å². The maximum absolute atomic E-state index is 12.2. The number of nitrogens with zero attached hydrogens (tertiary/aromatic N) is 1. The fourth-order valence-electron chi connectivity index (χ4n) is 2.37. The zero-order valence-electron chi connectivity index (χ0n) is 11.3. The van der Waals surface area contributed by atoms with Crippen LogP contribution < -0.4 is 10.1 Å². The van der Waals surface area contributed by atoms with E-state index in [0.717, 1.165) is 12.8 Å². The fraction of sp³-hybridized carbons (Fsp3) is 0.429. The normalized spacial score (nSPS) is 18.4. The van der Waals surface area contributed by atoms with Crippen molar-refractivity contribution in [1.29, 1.82) is 0 Å². The molecule has 0 saturated carbocycles. The van der Waals surface area contributed by atoms with E-state index in [0.29, 0.717) is 24.4 Å². The number of hydrogen-bond acceptors (Lipinski definition) is 3. The highest BCUT2D eigenvalue weighted by Crippen LogP contribution is 2.25. The molecule has 2 rings (SSSR count). The Kier molecular flexibility index (Phi) is 4.45. The number of likely N-dealkylation sites (tertiary alicyclic amines) is 1. The fourth-order valence-corrected chi connectivity index (χ4v) is 2.37. The predicted molar refractivity (Wildman–Crippen MR) is 74.0 cm³/mol. The van der Waals surface area contributed by atoms with E-state index in [1.165, 1.54) is 12.0 Å². The van der Waals surface area contributed by atoms with Crippen molar-refractivity contribution in [3.05, 3.63) is 24.3 Å². The van der Waals surface area contributed by atoms with Crippen molar-refractivity contribution >= 4 is 17.7 Å². The van der Waals surface area contributed by atoms with Gasteiger partial charge in [0.1, 0.15) is 11.8 Å². The first-order valence-corrected chi connectivity index (χ1v) is 6.57. The molecule has 1 atom stereocenters. The van der Waals surface area contributed by atoms with Crippen LogP contribution in [0.1, 0.15) is 19.3 Å². The molecule has 2 N–H and O–H groups in total. The van der Waals surface area contributed by atoms with E-state index in [2.05, 4.69) is 5.32 Å². The van der Waals surface area contributed by atoms with Crippen molar-refractivity contribution < 1.29 is 19.4 Å². The first kappa shape index (κ1) is 14.2. The van der Waals surface area contributed by atoms with Gasteiger partial charge in [0.05, 0.1) is 12.8 Å². The molecule has 6 heteroatoms. The Morgan fingerprint density at radius 1 is 1.35 bits per heavy atom. The lowest BCUT2D eigenvalue weighted by Crippen LogP contribution is -2.49. The molecule has 0 unspecified atom stereocenters. The number of ether oxygens (including phenoxy) is 1. The van der Waals surface area contributed by atoms with E-state index < -0.39 is 18.0 Å². The van der Waals surface area contributed by atoms with Crippen LogP contribution in [0.4, 0.5) is 10.5 Å². The van der Waals surface area contributed by atoms with Gasteiger partial charge in [0, 0.05) is 6.54 Å². The molecular weight excluding hydrogens is 260 g/mol. The Hall–Kier alpha value is -2.24. The van der Waals surface area contributed by atoms with E-state index in [1.54, 1.807) is 24.3 Å².